The molecule has 0 saturated heterocycles. The number of benzene rings is 1. The van der Waals surface area contributed by atoms with Gasteiger partial charge in [0.1, 0.15) is 11.8 Å². The zero-order valence-corrected chi connectivity index (χ0v) is 10.6. The lowest BCUT2D eigenvalue weighted by Crippen LogP contribution is -2.11. The SMILES string of the molecule is N#CCOc1ccc(CNCc2cncs2)cc1. The van der Waals surface area contributed by atoms with Gasteiger partial charge in [-0.15, -0.1) is 11.3 Å². The van der Waals surface area contributed by atoms with E-state index in [4.69, 9.17) is 10.00 Å². The molecule has 5 heteroatoms. The number of nitrogens with one attached hydrogen (secondary N) is 1. The highest BCUT2D eigenvalue weighted by molar-refractivity contribution is 7.09. The van der Waals surface area contributed by atoms with Gasteiger partial charge in [-0.05, 0) is 17.7 Å². The van der Waals surface area contributed by atoms with Crippen molar-refractivity contribution in [1.29, 1.82) is 5.26 Å². The van der Waals surface area contributed by atoms with Gasteiger partial charge in [0.05, 0.1) is 5.51 Å². The highest BCUT2D eigenvalue weighted by Gasteiger charge is 1.97. The molecule has 0 unspecified atom stereocenters. The Bertz CT molecular complexity index is 502. The zero-order chi connectivity index (χ0) is 12.6. The van der Waals surface area contributed by atoms with Crippen LogP contribution >= 0.6 is 11.3 Å². The minimum Gasteiger partial charge on any atom is -0.479 e. The van der Waals surface area contributed by atoms with Crippen LogP contribution in [0.5, 0.6) is 5.75 Å². The van der Waals surface area contributed by atoms with Gasteiger partial charge < -0.3 is 10.1 Å². The Morgan fingerprint density at radius 2 is 2.11 bits per heavy atom. The quantitative estimate of drug-likeness (QED) is 0.865. The maximum atomic E-state index is 8.40. The van der Waals surface area contributed by atoms with Gasteiger partial charge in [0.2, 0.25) is 0 Å². The summed E-state index contributed by atoms with van der Waals surface area (Å²) < 4.78 is 5.19. The van der Waals surface area contributed by atoms with E-state index < -0.39 is 0 Å². The van der Waals surface area contributed by atoms with Crippen LogP contribution in [-0.4, -0.2) is 11.6 Å². The smallest absolute Gasteiger partial charge is 0.174 e. The zero-order valence-electron chi connectivity index (χ0n) is 9.80. The Morgan fingerprint density at radius 1 is 1.28 bits per heavy atom. The number of aromatic nitrogens is 1. The van der Waals surface area contributed by atoms with Gasteiger partial charge in [-0.25, -0.2) is 0 Å². The second-order valence-electron chi connectivity index (χ2n) is 3.66. The highest BCUT2D eigenvalue weighted by atomic mass is 32.1. The van der Waals surface area contributed by atoms with Crippen LogP contribution in [-0.2, 0) is 13.1 Å². The average Bonchev–Trinajstić information content (AvgIpc) is 2.91. The van der Waals surface area contributed by atoms with Crippen LogP contribution < -0.4 is 10.1 Å². The van der Waals surface area contributed by atoms with Crippen molar-refractivity contribution in [1.82, 2.24) is 10.3 Å². The lowest BCUT2D eigenvalue weighted by Gasteiger charge is -2.05. The average molecular weight is 259 g/mol. The molecule has 2 aromatic rings. The van der Waals surface area contributed by atoms with Gasteiger partial charge in [-0.2, -0.15) is 5.26 Å². The number of nitriles is 1. The van der Waals surface area contributed by atoms with Crippen molar-refractivity contribution in [3.05, 3.63) is 46.4 Å². The molecule has 0 amide bonds. The van der Waals surface area contributed by atoms with Crippen molar-refractivity contribution in [2.75, 3.05) is 6.61 Å². The molecule has 92 valence electrons. The molecule has 0 spiro atoms. The molecule has 1 aromatic carbocycles. The normalized spacial score (nSPS) is 9.94. The predicted octanol–water partition coefficient (Wildman–Crippen LogP) is 2.34. The van der Waals surface area contributed by atoms with Gasteiger partial charge in [-0.1, -0.05) is 12.1 Å². The van der Waals surface area contributed by atoms with Gasteiger partial charge in [0, 0.05) is 24.2 Å². The summed E-state index contributed by atoms with van der Waals surface area (Å²) in [7, 11) is 0. The van der Waals surface area contributed by atoms with E-state index >= 15 is 0 Å². The van der Waals surface area contributed by atoms with Crippen molar-refractivity contribution in [3.63, 3.8) is 0 Å². The van der Waals surface area contributed by atoms with Crippen LogP contribution in [0.3, 0.4) is 0 Å². The van der Waals surface area contributed by atoms with E-state index in [9.17, 15) is 0 Å². The molecule has 0 fully saturated rings. The van der Waals surface area contributed by atoms with Crippen LogP contribution in [0.25, 0.3) is 0 Å². The van der Waals surface area contributed by atoms with Crippen LogP contribution in [0.1, 0.15) is 10.4 Å². The molecule has 18 heavy (non-hydrogen) atoms. The molecule has 0 atom stereocenters. The molecule has 0 aliphatic heterocycles. The van der Waals surface area contributed by atoms with Crippen molar-refractivity contribution >= 4 is 11.3 Å². The Morgan fingerprint density at radius 3 is 2.78 bits per heavy atom. The Balaban J connectivity index is 1.78. The second kappa shape index (κ2) is 6.74. The van der Waals surface area contributed by atoms with E-state index in [0.29, 0.717) is 0 Å². The first kappa shape index (κ1) is 12.6. The summed E-state index contributed by atoms with van der Waals surface area (Å²) >= 11 is 1.65. The summed E-state index contributed by atoms with van der Waals surface area (Å²) in [5, 5.41) is 11.7. The number of hydrogen-bond donors (Lipinski definition) is 1. The summed E-state index contributed by atoms with van der Waals surface area (Å²) in [6.45, 7) is 1.72. The fourth-order valence-electron chi connectivity index (χ4n) is 1.48. The van der Waals surface area contributed by atoms with Gasteiger partial charge in [0.25, 0.3) is 0 Å². The third-order valence-corrected chi connectivity index (χ3v) is 3.12. The van der Waals surface area contributed by atoms with E-state index in [1.165, 1.54) is 10.4 Å². The van der Waals surface area contributed by atoms with E-state index in [1.807, 2.05) is 42.0 Å². The number of thiazole rings is 1. The molecule has 0 aliphatic rings. The first-order valence-electron chi connectivity index (χ1n) is 5.55. The third kappa shape index (κ3) is 3.84. The molecule has 0 aliphatic carbocycles. The molecular formula is C13H13N3OS. The number of hydrogen-bond acceptors (Lipinski definition) is 5. The van der Waals surface area contributed by atoms with Crippen LogP contribution in [0.4, 0.5) is 0 Å². The molecule has 1 N–H and O–H groups in total. The van der Waals surface area contributed by atoms with E-state index in [2.05, 4.69) is 10.3 Å². The lowest BCUT2D eigenvalue weighted by atomic mass is 10.2. The lowest BCUT2D eigenvalue weighted by molar-refractivity contribution is 0.368. The molecule has 1 heterocycles. The molecule has 0 bridgehead atoms. The molecule has 0 saturated carbocycles. The Labute approximate surface area is 110 Å². The van der Waals surface area contributed by atoms with Crippen molar-refractivity contribution in [3.8, 4) is 11.8 Å². The summed E-state index contributed by atoms with van der Waals surface area (Å²) in [5.74, 6) is 0.725. The maximum absolute atomic E-state index is 8.40. The van der Waals surface area contributed by atoms with Crippen LogP contribution in [0.15, 0.2) is 36.0 Å². The Hall–Kier alpha value is -1.90. The molecule has 0 radical (unpaired) electrons. The third-order valence-electron chi connectivity index (χ3n) is 2.34. The van der Waals surface area contributed by atoms with Crippen molar-refractivity contribution in [2.24, 2.45) is 0 Å². The minimum absolute atomic E-state index is 0.0863. The summed E-state index contributed by atoms with van der Waals surface area (Å²) in [5.41, 5.74) is 3.02. The minimum atomic E-state index is 0.0863. The van der Waals surface area contributed by atoms with E-state index in [-0.39, 0.29) is 6.61 Å². The molecule has 1 aromatic heterocycles. The van der Waals surface area contributed by atoms with Gasteiger partial charge in [-0.3, -0.25) is 4.98 Å². The number of ether oxygens (including phenoxy) is 1. The fraction of sp³-hybridized carbons (Fsp3) is 0.231. The van der Waals surface area contributed by atoms with E-state index in [1.54, 1.807) is 11.3 Å². The van der Waals surface area contributed by atoms with Crippen molar-refractivity contribution in [2.45, 2.75) is 13.1 Å². The van der Waals surface area contributed by atoms with E-state index in [0.717, 1.165) is 18.8 Å². The largest absolute Gasteiger partial charge is 0.479 e. The maximum Gasteiger partial charge on any atom is 0.174 e. The van der Waals surface area contributed by atoms with Crippen LogP contribution in [0.2, 0.25) is 0 Å². The summed E-state index contributed by atoms with van der Waals surface area (Å²) in [4.78, 5) is 5.25. The molecule has 2 rings (SSSR count). The molecular weight excluding hydrogens is 246 g/mol. The number of rotatable bonds is 6. The van der Waals surface area contributed by atoms with Gasteiger partial charge >= 0.3 is 0 Å². The first-order chi connectivity index (χ1) is 8.88. The predicted molar refractivity (Wildman–Crippen MR) is 70.2 cm³/mol. The number of nitrogens with zero attached hydrogens (tertiary/aromatic N) is 2. The second-order valence-corrected chi connectivity index (χ2v) is 4.63. The standard InChI is InChI=1S/C13H13N3OS/c14-5-6-17-12-3-1-11(2-4-12)7-15-8-13-9-16-10-18-13/h1-4,9-10,15H,6-8H2. The highest BCUT2D eigenvalue weighted by Crippen LogP contribution is 2.12. The monoisotopic (exact) mass is 259 g/mol. The summed E-state index contributed by atoms with van der Waals surface area (Å²) in [6.07, 6.45) is 1.87. The molecule has 4 nitrogen and oxygen atoms in total. The topological polar surface area (TPSA) is 57.9 Å². The van der Waals surface area contributed by atoms with Crippen molar-refractivity contribution < 1.29 is 4.74 Å². The Kier molecular flexibility index (Phi) is 4.70. The fourth-order valence-corrected chi connectivity index (χ4v) is 2.04. The first-order valence-corrected chi connectivity index (χ1v) is 6.43. The van der Waals surface area contributed by atoms with Gasteiger partial charge in [0.15, 0.2) is 6.61 Å². The summed E-state index contributed by atoms with van der Waals surface area (Å²) in [6, 6.07) is 9.68. The van der Waals surface area contributed by atoms with Crippen LogP contribution in [0, 0.1) is 11.3 Å².